The summed E-state index contributed by atoms with van der Waals surface area (Å²) in [5.41, 5.74) is 5.17. The molecule has 0 saturated carbocycles. The van der Waals surface area contributed by atoms with Gasteiger partial charge in [-0.15, -0.1) is 0 Å². The average molecular weight is 438 g/mol. The lowest BCUT2D eigenvalue weighted by molar-refractivity contribution is -0.132. The lowest BCUT2D eigenvalue weighted by Crippen LogP contribution is -2.40. The third-order valence-corrected chi connectivity index (χ3v) is 6.30. The molecule has 1 unspecified atom stereocenters. The number of carboxylic acids is 1. The Morgan fingerprint density at radius 3 is 2.03 bits per heavy atom. The van der Waals surface area contributed by atoms with E-state index in [-0.39, 0.29) is 17.4 Å². The number of hydrogen-bond acceptors (Lipinski definition) is 3. The zero-order valence-electron chi connectivity index (χ0n) is 19.1. The van der Waals surface area contributed by atoms with Crippen molar-refractivity contribution in [2.75, 3.05) is 0 Å². The van der Waals surface area contributed by atoms with E-state index in [2.05, 4.69) is 0 Å². The minimum atomic E-state index is -1.03. The van der Waals surface area contributed by atoms with Gasteiger partial charge in [-0.05, 0) is 37.5 Å². The van der Waals surface area contributed by atoms with E-state index in [0.717, 1.165) is 16.7 Å². The quantitative estimate of drug-likeness (QED) is 0.488. The fraction of sp³-hybridized carbons (Fsp3) is 0.172. The van der Waals surface area contributed by atoms with Crippen molar-refractivity contribution in [3.8, 4) is 0 Å². The van der Waals surface area contributed by atoms with Crippen molar-refractivity contribution in [3.63, 3.8) is 0 Å². The standard InChI is InChI=1S/C29H27NO3/c1-19-12-10-11-17-24(19)27-25(28(31)23-15-8-5-9-16-23)20(2)30(21(3)26(27)29(32)33)18-22-13-6-4-7-14-22/h4-17,20H,18H2,1-3H3,(H,32,33). The van der Waals surface area contributed by atoms with Gasteiger partial charge in [0.1, 0.15) is 0 Å². The first-order chi connectivity index (χ1) is 15.9. The topological polar surface area (TPSA) is 57.6 Å². The summed E-state index contributed by atoms with van der Waals surface area (Å²) in [6.07, 6.45) is 0. The maximum atomic E-state index is 13.9. The van der Waals surface area contributed by atoms with Crippen LogP contribution in [-0.2, 0) is 11.3 Å². The van der Waals surface area contributed by atoms with Crippen LogP contribution in [-0.4, -0.2) is 27.8 Å². The van der Waals surface area contributed by atoms with Crippen LogP contribution in [0.3, 0.4) is 0 Å². The van der Waals surface area contributed by atoms with Crippen molar-refractivity contribution in [1.82, 2.24) is 4.90 Å². The summed E-state index contributed by atoms with van der Waals surface area (Å²) >= 11 is 0. The zero-order valence-corrected chi connectivity index (χ0v) is 19.1. The molecule has 1 N–H and O–H groups in total. The maximum Gasteiger partial charge on any atom is 0.338 e. The number of aryl methyl sites for hydroxylation is 1. The molecular weight excluding hydrogens is 410 g/mol. The Bertz CT molecular complexity index is 1260. The van der Waals surface area contributed by atoms with Gasteiger partial charge in [-0.2, -0.15) is 0 Å². The van der Waals surface area contributed by atoms with Crippen LogP contribution in [0.5, 0.6) is 0 Å². The van der Waals surface area contributed by atoms with Crippen LogP contribution in [0, 0.1) is 6.92 Å². The molecule has 1 aliphatic heterocycles. The number of carbonyl (C=O) groups excluding carboxylic acids is 1. The lowest BCUT2D eigenvalue weighted by atomic mass is 9.80. The molecule has 4 nitrogen and oxygen atoms in total. The molecule has 3 aromatic carbocycles. The summed E-state index contributed by atoms with van der Waals surface area (Å²) in [4.78, 5) is 28.5. The van der Waals surface area contributed by atoms with Crippen molar-refractivity contribution < 1.29 is 14.7 Å². The summed E-state index contributed by atoms with van der Waals surface area (Å²) in [7, 11) is 0. The van der Waals surface area contributed by atoms with E-state index in [0.29, 0.717) is 29.0 Å². The molecule has 0 fully saturated rings. The second kappa shape index (κ2) is 9.29. The van der Waals surface area contributed by atoms with Gasteiger partial charge in [-0.3, -0.25) is 4.79 Å². The molecule has 166 valence electrons. The van der Waals surface area contributed by atoms with E-state index >= 15 is 0 Å². The van der Waals surface area contributed by atoms with Gasteiger partial charge < -0.3 is 10.0 Å². The predicted molar refractivity (Wildman–Crippen MR) is 131 cm³/mol. The van der Waals surface area contributed by atoms with E-state index in [1.807, 2.05) is 98.5 Å². The monoisotopic (exact) mass is 437 g/mol. The van der Waals surface area contributed by atoms with Crippen LogP contribution in [0.15, 0.2) is 102 Å². The van der Waals surface area contributed by atoms with Crippen molar-refractivity contribution in [2.24, 2.45) is 0 Å². The molecule has 0 spiro atoms. The highest BCUT2D eigenvalue weighted by Crippen LogP contribution is 2.41. The number of hydrogen-bond donors (Lipinski definition) is 1. The normalized spacial score (nSPS) is 16.2. The number of carboxylic acid groups (broad SMARTS) is 1. The van der Waals surface area contributed by atoms with Gasteiger partial charge in [-0.25, -0.2) is 4.79 Å². The average Bonchev–Trinajstić information content (AvgIpc) is 2.82. The zero-order chi connectivity index (χ0) is 23.5. The highest BCUT2D eigenvalue weighted by molar-refractivity contribution is 6.20. The Morgan fingerprint density at radius 2 is 1.42 bits per heavy atom. The van der Waals surface area contributed by atoms with Crippen LogP contribution < -0.4 is 0 Å². The number of benzene rings is 3. The Labute approximate surface area is 194 Å². The van der Waals surface area contributed by atoms with Crippen molar-refractivity contribution >= 4 is 17.3 Å². The van der Waals surface area contributed by atoms with Gasteiger partial charge in [0, 0.05) is 29.0 Å². The van der Waals surface area contributed by atoms with E-state index in [1.165, 1.54) is 0 Å². The largest absolute Gasteiger partial charge is 0.478 e. The molecule has 0 saturated heterocycles. The molecule has 1 aliphatic rings. The second-order valence-electron chi connectivity index (χ2n) is 8.35. The first-order valence-electron chi connectivity index (χ1n) is 11.0. The van der Waals surface area contributed by atoms with Crippen LogP contribution in [0.4, 0.5) is 0 Å². The second-order valence-corrected chi connectivity index (χ2v) is 8.35. The fourth-order valence-electron chi connectivity index (χ4n) is 4.59. The number of aliphatic carboxylic acids is 1. The molecule has 0 aromatic heterocycles. The fourth-order valence-corrected chi connectivity index (χ4v) is 4.59. The number of allylic oxidation sites excluding steroid dienone is 1. The molecule has 0 aliphatic carbocycles. The summed E-state index contributed by atoms with van der Waals surface area (Å²) in [5.74, 6) is -1.18. The van der Waals surface area contributed by atoms with Crippen molar-refractivity contribution in [2.45, 2.75) is 33.4 Å². The third kappa shape index (κ3) is 4.24. The maximum absolute atomic E-state index is 13.9. The van der Waals surface area contributed by atoms with E-state index in [1.54, 1.807) is 12.1 Å². The Morgan fingerprint density at radius 1 is 0.848 bits per heavy atom. The molecule has 0 amide bonds. The van der Waals surface area contributed by atoms with Crippen LogP contribution in [0.2, 0.25) is 0 Å². The minimum absolute atomic E-state index is 0.148. The summed E-state index contributed by atoms with van der Waals surface area (Å²) in [6, 6.07) is 26.3. The van der Waals surface area contributed by atoms with Crippen LogP contribution in [0.25, 0.3) is 5.57 Å². The summed E-state index contributed by atoms with van der Waals surface area (Å²) in [6.45, 7) is 6.28. The molecule has 3 aromatic rings. The summed E-state index contributed by atoms with van der Waals surface area (Å²) < 4.78 is 0. The van der Waals surface area contributed by atoms with Crippen molar-refractivity contribution in [1.29, 1.82) is 0 Å². The first-order valence-corrected chi connectivity index (χ1v) is 11.0. The summed E-state index contributed by atoms with van der Waals surface area (Å²) in [5, 5.41) is 10.3. The highest BCUT2D eigenvalue weighted by Gasteiger charge is 2.38. The molecule has 4 heteroatoms. The molecule has 33 heavy (non-hydrogen) atoms. The van der Waals surface area contributed by atoms with Gasteiger partial charge in [0.2, 0.25) is 0 Å². The number of rotatable bonds is 6. The predicted octanol–water partition coefficient (Wildman–Crippen LogP) is 5.89. The minimum Gasteiger partial charge on any atom is -0.478 e. The van der Waals surface area contributed by atoms with Gasteiger partial charge in [0.05, 0.1) is 11.6 Å². The van der Waals surface area contributed by atoms with Crippen LogP contribution >= 0.6 is 0 Å². The van der Waals surface area contributed by atoms with E-state index in [9.17, 15) is 14.7 Å². The molecular formula is C29H27NO3. The SMILES string of the molecule is CC1=C(C(=O)O)C(c2ccccc2C)=C(C(=O)c2ccccc2)C(C)N1Cc1ccccc1. The molecule has 4 rings (SSSR count). The van der Waals surface area contributed by atoms with Gasteiger partial charge in [0.25, 0.3) is 0 Å². The number of ketones is 1. The molecule has 0 bridgehead atoms. The van der Waals surface area contributed by atoms with Crippen molar-refractivity contribution in [3.05, 3.63) is 124 Å². The smallest absolute Gasteiger partial charge is 0.338 e. The van der Waals surface area contributed by atoms with Gasteiger partial charge in [0.15, 0.2) is 5.78 Å². The Hall–Kier alpha value is -3.92. The van der Waals surface area contributed by atoms with E-state index in [4.69, 9.17) is 0 Å². The Balaban J connectivity index is 1.98. The molecule has 1 atom stereocenters. The lowest BCUT2D eigenvalue weighted by Gasteiger charge is -2.40. The number of Topliss-reactive ketones (excluding diaryl/α,β-unsaturated/α-hetero) is 1. The highest BCUT2D eigenvalue weighted by atomic mass is 16.4. The van der Waals surface area contributed by atoms with Gasteiger partial charge in [-0.1, -0.05) is 84.9 Å². The molecule has 0 radical (unpaired) electrons. The van der Waals surface area contributed by atoms with Crippen LogP contribution in [0.1, 0.15) is 40.9 Å². The number of carbonyl (C=O) groups is 2. The van der Waals surface area contributed by atoms with Gasteiger partial charge >= 0.3 is 5.97 Å². The molecule has 1 heterocycles. The third-order valence-electron chi connectivity index (χ3n) is 6.30. The number of nitrogens with zero attached hydrogens (tertiary/aromatic N) is 1. The Kier molecular flexibility index (Phi) is 6.27. The first kappa shape index (κ1) is 22.3. The van der Waals surface area contributed by atoms with E-state index < -0.39 is 5.97 Å².